The van der Waals surface area contributed by atoms with Gasteiger partial charge in [0.05, 0.1) is 30.2 Å². The molecule has 0 saturated carbocycles. The van der Waals surface area contributed by atoms with E-state index in [0.29, 0.717) is 24.6 Å². The summed E-state index contributed by atoms with van der Waals surface area (Å²) < 4.78 is 12.7. The maximum atomic E-state index is 12.6. The number of amides is 1. The van der Waals surface area contributed by atoms with Crippen molar-refractivity contribution in [2.75, 3.05) is 19.0 Å². The van der Waals surface area contributed by atoms with E-state index in [0.717, 1.165) is 23.4 Å². The first-order chi connectivity index (χ1) is 13.0. The van der Waals surface area contributed by atoms with Crippen molar-refractivity contribution < 1.29 is 13.9 Å². The summed E-state index contributed by atoms with van der Waals surface area (Å²) in [6.45, 7) is 7.11. The molecular weight excluding hydrogens is 342 g/mol. The summed E-state index contributed by atoms with van der Waals surface area (Å²) in [6, 6.07) is 11.7. The SMILES string of the molecule is CCc1ccc(-c2ccc(C(=O)Nc3c(C)nn(CCOC)c3C)o2)cc1. The van der Waals surface area contributed by atoms with Crippen molar-refractivity contribution in [3.8, 4) is 11.3 Å². The molecule has 3 rings (SSSR count). The fraction of sp³-hybridized carbons (Fsp3) is 0.333. The van der Waals surface area contributed by atoms with Gasteiger partial charge < -0.3 is 14.5 Å². The number of carbonyl (C=O) groups excluding carboxylic acids is 1. The topological polar surface area (TPSA) is 69.3 Å². The van der Waals surface area contributed by atoms with E-state index in [1.165, 1.54) is 5.56 Å². The van der Waals surface area contributed by atoms with Crippen LogP contribution in [0.25, 0.3) is 11.3 Å². The van der Waals surface area contributed by atoms with Gasteiger partial charge in [-0.15, -0.1) is 0 Å². The summed E-state index contributed by atoms with van der Waals surface area (Å²) in [5.74, 6) is 0.656. The number of benzene rings is 1. The van der Waals surface area contributed by atoms with Crippen LogP contribution in [0.1, 0.15) is 34.4 Å². The molecule has 6 nitrogen and oxygen atoms in total. The summed E-state index contributed by atoms with van der Waals surface area (Å²) in [6.07, 6.45) is 0.989. The molecule has 0 saturated heterocycles. The third-order valence-corrected chi connectivity index (χ3v) is 4.60. The van der Waals surface area contributed by atoms with Crippen LogP contribution in [0.5, 0.6) is 0 Å². The van der Waals surface area contributed by atoms with Crippen LogP contribution in [0.4, 0.5) is 5.69 Å². The molecule has 0 aliphatic rings. The van der Waals surface area contributed by atoms with Gasteiger partial charge in [-0.05, 0) is 38.0 Å². The molecule has 0 aliphatic heterocycles. The smallest absolute Gasteiger partial charge is 0.291 e. The molecule has 0 atom stereocenters. The Morgan fingerprint density at radius 3 is 2.59 bits per heavy atom. The zero-order chi connectivity index (χ0) is 19.4. The highest BCUT2D eigenvalue weighted by Gasteiger charge is 2.18. The third-order valence-electron chi connectivity index (χ3n) is 4.60. The predicted octanol–water partition coefficient (Wildman–Crippen LogP) is 4.22. The molecule has 2 heterocycles. The summed E-state index contributed by atoms with van der Waals surface area (Å²) in [4.78, 5) is 12.6. The minimum absolute atomic E-state index is 0.271. The Hall–Kier alpha value is -2.86. The van der Waals surface area contributed by atoms with Gasteiger partial charge in [-0.1, -0.05) is 31.2 Å². The minimum Gasteiger partial charge on any atom is -0.451 e. The number of hydrogen-bond acceptors (Lipinski definition) is 4. The zero-order valence-electron chi connectivity index (χ0n) is 16.2. The molecule has 0 radical (unpaired) electrons. The molecule has 0 spiro atoms. The summed E-state index contributed by atoms with van der Waals surface area (Å²) in [5.41, 5.74) is 4.57. The number of hydrogen-bond donors (Lipinski definition) is 1. The second-order valence-corrected chi connectivity index (χ2v) is 6.43. The zero-order valence-corrected chi connectivity index (χ0v) is 16.2. The number of rotatable bonds is 7. The molecule has 3 aromatic rings. The molecule has 1 N–H and O–H groups in total. The Balaban J connectivity index is 1.75. The Bertz CT molecular complexity index is 923. The standard InChI is InChI=1S/C21H25N3O3/c1-5-16-6-8-17(9-7-16)18-10-11-19(27-18)21(25)22-20-14(2)23-24(15(20)3)12-13-26-4/h6-11H,5,12-13H2,1-4H3,(H,22,25). The number of aryl methyl sites for hydroxylation is 2. The second kappa shape index (κ2) is 8.22. The van der Waals surface area contributed by atoms with Crippen molar-refractivity contribution in [3.05, 3.63) is 59.1 Å². The molecule has 6 heteroatoms. The van der Waals surface area contributed by atoms with Gasteiger partial charge in [-0.2, -0.15) is 5.10 Å². The normalized spacial score (nSPS) is 11.0. The lowest BCUT2D eigenvalue weighted by molar-refractivity contribution is 0.0997. The number of methoxy groups -OCH3 is 1. The van der Waals surface area contributed by atoms with E-state index < -0.39 is 0 Å². The van der Waals surface area contributed by atoms with E-state index in [2.05, 4.69) is 29.5 Å². The van der Waals surface area contributed by atoms with Crippen LogP contribution in [0, 0.1) is 13.8 Å². The molecule has 142 valence electrons. The van der Waals surface area contributed by atoms with Gasteiger partial charge in [0, 0.05) is 12.7 Å². The highest BCUT2D eigenvalue weighted by atomic mass is 16.5. The van der Waals surface area contributed by atoms with E-state index in [-0.39, 0.29) is 11.7 Å². The molecule has 1 aromatic carbocycles. The predicted molar refractivity (Wildman–Crippen MR) is 105 cm³/mol. The number of carbonyl (C=O) groups is 1. The van der Waals surface area contributed by atoms with Gasteiger partial charge in [0.25, 0.3) is 5.91 Å². The molecule has 2 aromatic heterocycles. The first kappa shape index (κ1) is 18.9. The quantitative estimate of drug-likeness (QED) is 0.679. The maximum Gasteiger partial charge on any atom is 0.291 e. The lowest BCUT2D eigenvalue weighted by atomic mass is 10.1. The van der Waals surface area contributed by atoms with Crippen molar-refractivity contribution in [3.63, 3.8) is 0 Å². The third kappa shape index (κ3) is 4.11. The summed E-state index contributed by atoms with van der Waals surface area (Å²) in [5, 5.41) is 7.37. The highest BCUT2D eigenvalue weighted by Crippen LogP contribution is 2.25. The molecule has 0 fully saturated rings. The Labute approximate surface area is 159 Å². The van der Waals surface area contributed by atoms with Crippen molar-refractivity contribution >= 4 is 11.6 Å². The fourth-order valence-corrected chi connectivity index (χ4v) is 2.97. The van der Waals surface area contributed by atoms with E-state index in [4.69, 9.17) is 9.15 Å². The second-order valence-electron chi connectivity index (χ2n) is 6.43. The first-order valence-electron chi connectivity index (χ1n) is 9.07. The molecule has 1 amide bonds. The van der Waals surface area contributed by atoms with Crippen LogP contribution in [-0.4, -0.2) is 29.4 Å². The lowest BCUT2D eigenvalue weighted by Crippen LogP contribution is -2.13. The van der Waals surface area contributed by atoms with Gasteiger partial charge in [-0.3, -0.25) is 9.48 Å². The summed E-state index contributed by atoms with van der Waals surface area (Å²) in [7, 11) is 1.65. The average molecular weight is 367 g/mol. The van der Waals surface area contributed by atoms with Crippen LogP contribution in [0.15, 0.2) is 40.8 Å². The van der Waals surface area contributed by atoms with Crippen molar-refractivity contribution in [1.82, 2.24) is 9.78 Å². The molecule has 0 unspecified atom stereocenters. The van der Waals surface area contributed by atoms with E-state index in [9.17, 15) is 4.79 Å². The number of ether oxygens (including phenoxy) is 1. The molecule has 0 aliphatic carbocycles. The van der Waals surface area contributed by atoms with Gasteiger partial charge >= 0.3 is 0 Å². The van der Waals surface area contributed by atoms with Gasteiger partial charge in [-0.25, -0.2) is 0 Å². The molecular formula is C21H25N3O3. The van der Waals surface area contributed by atoms with E-state index in [1.54, 1.807) is 13.2 Å². The van der Waals surface area contributed by atoms with Gasteiger partial charge in [0.1, 0.15) is 5.76 Å². The number of nitrogens with zero attached hydrogens (tertiary/aromatic N) is 2. The lowest BCUT2D eigenvalue weighted by Gasteiger charge is -2.06. The van der Waals surface area contributed by atoms with Crippen molar-refractivity contribution in [2.24, 2.45) is 0 Å². The van der Waals surface area contributed by atoms with Crippen LogP contribution >= 0.6 is 0 Å². The Morgan fingerprint density at radius 1 is 1.19 bits per heavy atom. The van der Waals surface area contributed by atoms with Gasteiger partial charge in [0.15, 0.2) is 5.76 Å². The average Bonchev–Trinajstić information content (AvgIpc) is 3.27. The van der Waals surface area contributed by atoms with Crippen molar-refractivity contribution in [1.29, 1.82) is 0 Å². The van der Waals surface area contributed by atoms with Crippen molar-refractivity contribution in [2.45, 2.75) is 33.7 Å². The first-order valence-corrected chi connectivity index (χ1v) is 9.07. The molecule has 27 heavy (non-hydrogen) atoms. The van der Waals surface area contributed by atoms with Crippen LogP contribution in [0.3, 0.4) is 0 Å². The van der Waals surface area contributed by atoms with Crippen LogP contribution < -0.4 is 5.32 Å². The van der Waals surface area contributed by atoms with Crippen LogP contribution in [0.2, 0.25) is 0 Å². The van der Waals surface area contributed by atoms with E-state index >= 15 is 0 Å². The fourth-order valence-electron chi connectivity index (χ4n) is 2.97. The highest BCUT2D eigenvalue weighted by molar-refractivity contribution is 6.03. The van der Waals surface area contributed by atoms with Gasteiger partial charge in [0.2, 0.25) is 0 Å². The minimum atomic E-state index is -0.288. The largest absolute Gasteiger partial charge is 0.451 e. The Kier molecular flexibility index (Phi) is 5.76. The van der Waals surface area contributed by atoms with Crippen LogP contribution in [-0.2, 0) is 17.7 Å². The maximum absolute atomic E-state index is 12.6. The number of nitrogens with one attached hydrogen (secondary N) is 1. The summed E-state index contributed by atoms with van der Waals surface area (Å²) >= 11 is 0. The number of anilines is 1. The van der Waals surface area contributed by atoms with E-state index in [1.807, 2.05) is 36.7 Å². The molecule has 0 bridgehead atoms. The Morgan fingerprint density at radius 2 is 1.93 bits per heavy atom. The monoisotopic (exact) mass is 367 g/mol. The number of furan rings is 1. The number of aromatic nitrogens is 2.